The number of thiophene rings is 1. The maximum atomic E-state index is 5.86. The first-order chi connectivity index (χ1) is 11.8. The zero-order chi connectivity index (χ0) is 18.4. The molecule has 0 aromatic carbocycles. The average Bonchev–Trinajstić information content (AvgIpc) is 3.08. The highest BCUT2D eigenvalue weighted by molar-refractivity contribution is 14.0. The molecule has 5 nitrogen and oxygen atoms in total. The predicted octanol–water partition coefficient (Wildman–Crippen LogP) is 3.52. The molecule has 1 fully saturated rings. The molecule has 0 aliphatic carbocycles. The molecule has 0 bridgehead atoms. The van der Waals surface area contributed by atoms with Crippen LogP contribution in [0.5, 0.6) is 0 Å². The van der Waals surface area contributed by atoms with Crippen molar-refractivity contribution in [3.8, 4) is 0 Å². The van der Waals surface area contributed by atoms with Gasteiger partial charge in [-0.2, -0.15) is 11.3 Å². The fourth-order valence-electron chi connectivity index (χ4n) is 3.23. The highest BCUT2D eigenvalue weighted by Gasteiger charge is 2.33. The summed E-state index contributed by atoms with van der Waals surface area (Å²) in [4.78, 5) is 6.89. The van der Waals surface area contributed by atoms with Crippen LogP contribution in [-0.2, 0) is 4.74 Å². The van der Waals surface area contributed by atoms with E-state index in [-0.39, 0.29) is 41.7 Å². The van der Waals surface area contributed by atoms with E-state index in [9.17, 15) is 0 Å². The maximum Gasteiger partial charge on any atom is 0.191 e. The van der Waals surface area contributed by atoms with Crippen LogP contribution in [0, 0.1) is 0 Å². The molecule has 26 heavy (non-hydrogen) atoms. The number of nitrogens with zero attached hydrogens (tertiary/aromatic N) is 2. The number of hydrogen-bond acceptors (Lipinski definition) is 4. The summed E-state index contributed by atoms with van der Waals surface area (Å²) in [7, 11) is 1.83. The fourth-order valence-corrected chi connectivity index (χ4v) is 4.01. The SMILES string of the molecule is CN=C(NCC(C)c1ccsc1)NCC(C)(C)N1CC(C)OC(C)C1.I. The average molecular weight is 494 g/mol. The number of ether oxygens (including phenoxy) is 1. The number of rotatable bonds is 6. The first kappa shape index (κ1) is 23.7. The van der Waals surface area contributed by atoms with Gasteiger partial charge in [0.25, 0.3) is 0 Å². The molecule has 1 aromatic rings. The van der Waals surface area contributed by atoms with Gasteiger partial charge in [-0.15, -0.1) is 24.0 Å². The Labute approximate surface area is 180 Å². The molecule has 0 radical (unpaired) electrons. The van der Waals surface area contributed by atoms with Crippen LogP contribution in [0.1, 0.15) is 46.1 Å². The summed E-state index contributed by atoms with van der Waals surface area (Å²) in [6.07, 6.45) is 0.568. The highest BCUT2D eigenvalue weighted by atomic mass is 127. The second kappa shape index (κ2) is 10.8. The molecule has 3 atom stereocenters. The van der Waals surface area contributed by atoms with E-state index in [1.54, 1.807) is 11.3 Å². The standard InChI is InChI=1S/C19H34N4OS.HI/c1-14(17-7-8-25-12-17)9-21-18(20-6)22-13-19(4,5)23-10-15(2)24-16(3)11-23;/h7-8,12,14-16H,9-11,13H2,1-6H3,(H2,20,21,22);1H. The van der Waals surface area contributed by atoms with E-state index in [1.807, 2.05) is 7.05 Å². The summed E-state index contributed by atoms with van der Waals surface area (Å²) in [5, 5.41) is 11.3. The zero-order valence-electron chi connectivity index (χ0n) is 16.9. The Morgan fingerprint density at radius 1 is 1.35 bits per heavy atom. The maximum absolute atomic E-state index is 5.86. The number of aliphatic imine (C=N–C) groups is 1. The minimum atomic E-state index is 0. The van der Waals surface area contributed by atoms with E-state index >= 15 is 0 Å². The summed E-state index contributed by atoms with van der Waals surface area (Å²) >= 11 is 1.75. The fraction of sp³-hybridized carbons (Fsp3) is 0.737. The molecule has 0 spiro atoms. The van der Waals surface area contributed by atoms with E-state index in [4.69, 9.17) is 4.74 Å². The van der Waals surface area contributed by atoms with Gasteiger partial charge in [0.2, 0.25) is 0 Å². The zero-order valence-corrected chi connectivity index (χ0v) is 20.1. The van der Waals surface area contributed by atoms with Crippen molar-refractivity contribution in [1.82, 2.24) is 15.5 Å². The Morgan fingerprint density at radius 2 is 2.00 bits per heavy atom. The third-order valence-electron chi connectivity index (χ3n) is 4.88. The van der Waals surface area contributed by atoms with Crippen LogP contribution >= 0.6 is 35.3 Å². The van der Waals surface area contributed by atoms with Crippen LogP contribution in [-0.4, -0.2) is 61.8 Å². The third-order valence-corrected chi connectivity index (χ3v) is 5.58. The molecule has 150 valence electrons. The van der Waals surface area contributed by atoms with E-state index in [0.717, 1.165) is 32.1 Å². The second-order valence-electron chi connectivity index (χ2n) is 7.74. The molecular formula is C19H35IN4OS. The van der Waals surface area contributed by atoms with Gasteiger partial charge in [-0.05, 0) is 56.0 Å². The van der Waals surface area contributed by atoms with Crippen LogP contribution in [0.15, 0.2) is 21.8 Å². The lowest BCUT2D eigenvalue weighted by Crippen LogP contribution is -2.59. The van der Waals surface area contributed by atoms with Crippen molar-refractivity contribution >= 4 is 41.3 Å². The Morgan fingerprint density at radius 3 is 2.54 bits per heavy atom. The summed E-state index contributed by atoms with van der Waals surface area (Å²) in [5.41, 5.74) is 1.42. The number of guanidine groups is 1. The van der Waals surface area contributed by atoms with E-state index in [2.05, 4.69) is 72.0 Å². The van der Waals surface area contributed by atoms with Crippen LogP contribution in [0.25, 0.3) is 0 Å². The number of hydrogen-bond donors (Lipinski definition) is 2. The lowest BCUT2D eigenvalue weighted by atomic mass is 10.00. The van der Waals surface area contributed by atoms with E-state index in [1.165, 1.54) is 5.56 Å². The Bertz CT molecular complexity index is 540. The Kier molecular flexibility index (Phi) is 9.85. The second-order valence-corrected chi connectivity index (χ2v) is 8.52. The Hall–Kier alpha value is -0.380. The van der Waals surface area contributed by atoms with Crippen molar-refractivity contribution in [2.45, 2.75) is 58.3 Å². The van der Waals surface area contributed by atoms with Gasteiger partial charge in [-0.25, -0.2) is 0 Å². The Balaban J connectivity index is 0.00000338. The molecule has 1 aliphatic heterocycles. The van der Waals surface area contributed by atoms with Crippen molar-refractivity contribution in [2.24, 2.45) is 4.99 Å². The molecular weight excluding hydrogens is 459 g/mol. The van der Waals surface area contributed by atoms with Gasteiger partial charge in [0, 0.05) is 38.8 Å². The number of morpholine rings is 1. The van der Waals surface area contributed by atoms with Crippen molar-refractivity contribution in [3.05, 3.63) is 22.4 Å². The van der Waals surface area contributed by atoms with Crippen LogP contribution in [0.3, 0.4) is 0 Å². The van der Waals surface area contributed by atoms with Gasteiger partial charge in [-0.3, -0.25) is 9.89 Å². The highest BCUT2D eigenvalue weighted by Crippen LogP contribution is 2.21. The molecule has 0 amide bonds. The lowest BCUT2D eigenvalue weighted by molar-refractivity contribution is -0.0946. The summed E-state index contributed by atoms with van der Waals surface area (Å²) in [6, 6.07) is 2.19. The van der Waals surface area contributed by atoms with Crippen molar-refractivity contribution in [1.29, 1.82) is 0 Å². The van der Waals surface area contributed by atoms with Gasteiger partial charge < -0.3 is 15.4 Å². The predicted molar refractivity (Wildman–Crippen MR) is 123 cm³/mol. The van der Waals surface area contributed by atoms with Gasteiger partial charge in [0.1, 0.15) is 0 Å². The summed E-state index contributed by atoms with van der Waals surface area (Å²) < 4.78 is 5.86. The quantitative estimate of drug-likeness (QED) is 0.361. The molecule has 1 aromatic heterocycles. The van der Waals surface area contributed by atoms with Gasteiger partial charge in [0.05, 0.1) is 12.2 Å². The molecule has 2 N–H and O–H groups in total. The number of nitrogens with one attached hydrogen (secondary N) is 2. The van der Waals surface area contributed by atoms with Gasteiger partial charge >= 0.3 is 0 Å². The van der Waals surface area contributed by atoms with Crippen molar-refractivity contribution in [2.75, 3.05) is 33.2 Å². The first-order valence-corrected chi connectivity index (χ1v) is 10.1. The summed E-state index contributed by atoms with van der Waals surface area (Å²) in [6.45, 7) is 14.8. The van der Waals surface area contributed by atoms with Crippen LogP contribution < -0.4 is 10.6 Å². The minimum Gasteiger partial charge on any atom is -0.373 e. The van der Waals surface area contributed by atoms with E-state index < -0.39 is 0 Å². The van der Waals surface area contributed by atoms with Crippen LogP contribution in [0.4, 0.5) is 0 Å². The monoisotopic (exact) mass is 494 g/mol. The molecule has 1 saturated heterocycles. The third kappa shape index (κ3) is 6.98. The van der Waals surface area contributed by atoms with Crippen molar-refractivity contribution < 1.29 is 4.74 Å². The molecule has 3 unspecified atom stereocenters. The lowest BCUT2D eigenvalue weighted by Gasteiger charge is -2.45. The van der Waals surface area contributed by atoms with Gasteiger partial charge in [-0.1, -0.05) is 6.92 Å². The smallest absolute Gasteiger partial charge is 0.191 e. The molecule has 1 aliphatic rings. The minimum absolute atomic E-state index is 0. The van der Waals surface area contributed by atoms with E-state index in [0.29, 0.717) is 5.92 Å². The largest absolute Gasteiger partial charge is 0.373 e. The van der Waals surface area contributed by atoms with Crippen LogP contribution in [0.2, 0.25) is 0 Å². The molecule has 2 heterocycles. The topological polar surface area (TPSA) is 48.9 Å². The first-order valence-electron chi connectivity index (χ1n) is 9.19. The molecule has 7 heteroatoms. The molecule has 2 rings (SSSR count). The summed E-state index contributed by atoms with van der Waals surface area (Å²) in [5.74, 6) is 1.34. The van der Waals surface area contributed by atoms with Gasteiger partial charge in [0.15, 0.2) is 5.96 Å². The molecule has 0 saturated carbocycles. The normalized spacial score (nSPS) is 23.2. The van der Waals surface area contributed by atoms with Crippen molar-refractivity contribution in [3.63, 3.8) is 0 Å². The number of halogens is 1.